The fourth-order valence-electron chi connectivity index (χ4n) is 2.95. The van der Waals surface area contributed by atoms with Crippen LogP contribution in [0.2, 0.25) is 0 Å². The number of rotatable bonds is 8. The Labute approximate surface area is 157 Å². The fourth-order valence-corrected chi connectivity index (χ4v) is 3.82. The number of aromatic nitrogens is 2. The maximum atomic E-state index is 10.6. The second-order valence-electron chi connectivity index (χ2n) is 5.99. The summed E-state index contributed by atoms with van der Waals surface area (Å²) in [5.41, 5.74) is 2.13. The fraction of sp³-hybridized carbons (Fsp3) is 0.300. The van der Waals surface area contributed by atoms with Crippen molar-refractivity contribution in [3.63, 3.8) is 0 Å². The lowest BCUT2D eigenvalue weighted by atomic mass is 9.95. The first-order valence-corrected chi connectivity index (χ1v) is 9.45. The number of aliphatic hydroxyl groups is 1. The zero-order valence-corrected chi connectivity index (χ0v) is 15.7. The molecule has 0 saturated carbocycles. The number of nitrogens with zero attached hydrogens (tertiary/aromatic N) is 2. The van der Waals surface area contributed by atoms with Gasteiger partial charge in [0.15, 0.2) is 5.13 Å². The second kappa shape index (κ2) is 8.78. The van der Waals surface area contributed by atoms with Gasteiger partial charge in [-0.2, -0.15) is 0 Å². The number of aliphatic hydroxyl groups excluding tert-OH is 1. The molecule has 2 N–H and O–H groups in total. The molecule has 2 aromatic heterocycles. The van der Waals surface area contributed by atoms with Crippen molar-refractivity contribution in [2.24, 2.45) is 0 Å². The molecular weight excluding hydrogens is 346 g/mol. The summed E-state index contributed by atoms with van der Waals surface area (Å²) in [6.07, 6.45) is 4.39. The third kappa shape index (κ3) is 4.39. The highest BCUT2D eigenvalue weighted by molar-refractivity contribution is 7.15. The Hall–Kier alpha value is -2.44. The van der Waals surface area contributed by atoms with Crippen molar-refractivity contribution in [3.05, 3.63) is 70.9 Å². The van der Waals surface area contributed by atoms with Gasteiger partial charge in [-0.1, -0.05) is 43.3 Å². The van der Waals surface area contributed by atoms with E-state index >= 15 is 0 Å². The second-order valence-corrected chi connectivity index (χ2v) is 7.11. The van der Waals surface area contributed by atoms with E-state index in [2.05, 4.69) is 22.2 Å². The number of nitrogens with one attached hydrogen (secondary N) is 1. The van der Waals surface area contributed by atoms with Crippen molar-refractivity contribution in [3.8, 4) is 5.88 Å². The normalized spacial score (nSPS) is 13.2. The third-order valence-electron chi connectivity index (χ3n) is 4.28. The average molecular weight is 369 g/mol. The average Bonchev–Trinajstić information content (AvgIpc) is 3.10. The van der Waals surface area contributed by atoms with Crippen molar-refractivity contribution in [2.45, 2.75) is 31.9 Å². The maximum Gasteiger partial charge on any atom is 0.216 e. The molecule has 0 aliphatic heterocycles. The molecule has 136 valence electrons. The highest BCUT2D eigenvalue weighted by atomic mass is 32.1. The largest absolute Gasteiger partial charge is 0.481 e. The number of anilines is 1. The van der Waals surface area contributed by atoms with Gasteiger partial charge in [-0.15, -0.1) is 11.3 Å². The highest BCUT2D eigenvalue weighted by Gasteiger charge is 2.20. The Morgan fingerprint density at radius 1 is 1.15 bits per heavy atom. The van der Waals surface area contributed by atoms with Crippen LogP contribution >= 0.6 is 11.3 Å². The number of hydrogen-bond donors (Lipinski definition) is 2. The van der Waals surface area contributed by atoms with Gasteiger partial charge >= 0.3 is 0 Å². The Morgan fingerprint density at radius 2 is 1.96 bits per heavy atom. The molecule has 26 heavy (non-hydrogen) atoms. The van der Waals surface area contributed by atoms with E-state index in [-0.39, 0.29) is 5.92 Å². The molecule has 2 atom stereocenters. The number of benzene rings is 1. The Morgan fingerprint density at radius 3 is 2.69 bits per heavy atom. The summed E-state index contributed by atoms with van der Waals surface area (Å²) < 4.78 is 5.30. The predicted octanol–water partition coefficient (Wildman–Crippen LogP) is 4.06. The van der Waals surface area contributed by atoms with E-state index in [1.807, 2.05) is 48.7 Å². The zero-order chi connectivity index (χ0) is 18.4. The minimum Gasteiger partial charge on any atom is -0.481 e. The number of methoxy groups -OCH3 is 1. The standard InChI is InChI=1S/C20H23N3O2S/c1-3-17(14-8-5-4-6-9-14)18(24)23-20-22-13-16(26-20)12-15-10-7-11-21-19(15)25-2/h4-11,13,17-18,24H,3,12H2,1-2H3,(H,22,23). The summed E-state index contributed by atoms with van der Waals surface area (Å²) in [4.78, 5) is 9.71. The molecule has 3 rings (SSSR count). The zero-order valence-electron chi connectivity index (χ0n) is 14.9. The number of thiazole rings is 1. The number of hydrogen-bond acceptors (Lipinski definition) is 6. The van der Waals surface area contributed by atoms with Gasteiger partial charge in [-0.3, -0.25) is 0 Å². The van der Waals surface area contributed by atoms with Gasteiger partial charge in [0.05, 0.1) is 7.11 Å². The molecule has 0 amide bonds. The Kier molecular flexibility index (Phi) is 6.20. The molecular formula is C20H23N3O2S. The lowest BCUT2D eigenvalue weighted by molar-refractivity contribution is 0.168. The van der Waals surface area contributed by atoms with Crippen LogP contribution in [0.15, 0.2) is 54.9 Å². The van der Waals surface area contributed by atoms with E-state index in [1.54, 1.807) is 13.3 Å². The van der Waals surface area contributed by atoms with Crippen LogP contribution in [0.25, 0.3) is 0 Å². The summed E-state index contributed by atoms with van der Waals surface area (Å²) in [6, 6.07) is 13.9. The van der Waals surface area contributed by atoms with Gasteiger partial charge in [-0.25, -0.2) is 9.97 Å². The van der Waals surface area contributed by atoms with Gasteiger partial charge in [0.1, 0.15) is 6.23 Å². The molecule has 0 bridgehead atoms. The third-order valence-corrected chi connectivity index (χ3v) is 5.21. The van der Waals surface area contributed by atoms with Crippen molar-refractivity contribution in [2.75, 3.05) is 12.4 Å². The van der Waals surface area contributed by atoms with Gasteiger partial charge in [-0.05, 0) is 18.1 Å². The van der Waals surface area contributed by atoms with E-state index in [1.165, 1.54) is 11.3 Å². The Balaban J connectivity index is 1.68. The van der Waals surface area contributed by atoms with Crippen LogP contribution in [-0.4, -0.2) is 28.4 Å². The van der Waals surface area contributed by atoms with Crippen LogP contribution in [0, 0.1) is 0 Å². The molecule has 0 aliphatic rings. The van der Waals surface area contributed by atoms with E-state index in [0.717, 1.165) is 22.4 Å². The number of pyridine rings is 1. The topological polar surface area (TPSA) is 67.3 Å². The van der Waals surface area contributed by atoms with Crippen LogP contribution < -0.4 is 10.1 Å². The summed E-state index contributed by atoms with van der Waals surface area (Å²) >= 11 is 1.53. The van der Waals surface area contributed by atoms with Crippen LogP contribution in [0.4, 0.5) is 5.13 Å². The van der Waals surface area contributed by atoms with E-state index in [0.29, 0.717) is 17.4 Å². The minimum atomic E-state index is -0.686. The van der Waals surface area contributed by atoms with Gasteiger partial charge in [0, 0.05) is 35.2 Å². The van der Waals surface area contributed by atoms with E-state index < -0.39 is 6.23 Å². The van der Waals surface area contributed by atoms with Gasteiger partial charge < -0.3 is 15.2 Å². The lowest BCUT2D eigenvalue weighted by Gasteiger charge is -2.22. The van der Waals surface area contributed by atoms with Crippen molar-refractivity contribution < 1.29 is 9.84 Å². The van der Waals surface area contributed by atoms with Gasteiger partial charge in [0.25, 0.3) is 0 Å². The molecule has 0 fully saturated rings. The summed E-state index contributed by atoms with van der Waals surface area (Å²) in [5.74, 6) is 0.646. The van der Waals surface area contributed by atoms with E-state index in [9.17, 15) is 5.11 Å². The molecule has 0 spiro atoms. The van der Waals surface area contributed by atoms with Crippen molar-refractivity contribution >= 4 is 16.5 Å². The van der Waals surface area contributed by atoms with Crippen LogP contribution in [0.1, 0.15) is 35.3 Å². The molecule has 0 saturated heterocycles. The van der Waals surface area contributed by atoms with Crippen LogP contribution in [0.5, 0.6) is 5.88 Å². The highest BCUT2D eigenvalue weighted by Crippen LogP contribution is 2.28. The van der Waals surface area contributed by atoms with E-state index in [4.69, 9.17) is 4.74 Å². The first-order chi connectivity index (χ1) is 12.7. The number of ether oxygens (including phenoxy) is 1. The maximum absolute atomic E-state index is 10.6. The molecule has 2 heterocycles. The van der Waals surface area contributed by atoms with Crippen molar-refractivity contribution in [1.82, 2.24) is 9.97 Å². The molecule has 5 nitrogen and oxygen atoms in total. The van der Waals surface area contributed by atoms with Gasteiger partial charge in [0.2, 0.25) is 5.88 Å². The lowest BCUT2D eigenvalue weighted by Crippen LogP contribution is -2.26. The summed E-state index contributed by atoms with van der Waals surface area (Å²) in [7, 11) is 1.62. The minimum absolute atomic E-state index is 0.0157. The Bertz CT molecular complexity index is 823. The van der Waals surface area contributed by atoms with Crippen LogP contribution in [0.3, 0.4) is 0 Å². The molecule has 1 aromatic carbocycles. The summed E-state index contributed by atoms with van der Waals surface area (Å²) in [6.45, 7) is 2.07. The smallest absolute Gasteiger partial charge is 0.216 e. The summed E-state index contributed by atoms with van der Waals surface area (Å²) in [5, 5.41) is 14.5. The molecule has 3 aromatic rings. The predicted molar refractivity (Wildman–Crippen MR) is 105 cm³/mol. The first kappa shape index (κ1) is 18.4. The molecule has 0 radical (unpaired) electrons. The SMILES string of the molecule is CCC(c1ccccc1)C(O)Nc1ncc(Cc2cccnc2OC)s1. The van der Waals surface area contributed by atoms with Crippen molar-refractivity contribution in [1.29, 1.82) is 0 Å². The first-order valence-electron chi connectivity index (χ1n) is 8.63. The monoisotopic (exact) mass is 369 g/mol. The van der Waals surface area contributed by atoms with Crippen LogP contribution in [-0.2, 0) is 6.42 Å². The quantitative estimate of drug-likeness (QED) is 0.586. The molecule has 0 aliphatic carbocycles. The molecule has 6 heteroatoms. The molecule has 2 unspecified atom stereocenters.